The van der Waals surface area contributed by atoms with Gasteiger partial charge in [-0.1, -0.05) is 35.6 Å². The number of thiazole rings is 1. The van der Waals surface area contributed by atoms with Crippen LogP contribution in [0.15, 0.2) is 48.7 Å². The van der Waals surface area contributed by atoms with Crippen molar-refractivity contribution >= 4 is 43.5 Å². The summed E-state index contributed by atoms with van der Waals surface area (Å²) in [5.41, 5.74) is 2.41. The number of morpholine rings is 1. The number of carbonyl (C=O) groups excluding carboxylic acids is 1. The van der Waals surface area contributed by atoms with Gasteiger partial charge < -0.3 is 14.5 Å². The lowest BCUT2D eigenvalue weighted by Gasteiger charge is -2.29. The molecule has 1 amide bonds. The zero-order valence-electron chi connectivity index (χ0n) is 18.0. The molecule has 8 heteroatoms. The van der Waals surface area contributed by atoms with Gasteiger partial charge in [0.25, 0.3) is 5.91 Å². The van der Waals surface area contributed by atoms with Gasteiger partial charge in [-0.3, -0.25) is 14.6 Å². The van der Waals surface area contributed by atoms with Crippen molar-refractivity contribution < 1.29 is 14.3 Å². The SMILES string of the molecule is CCOc1cccc2sc(N(CCN3CCOCC3)C(=O)c3c[nH]c4ccccc34)nc12. The number of benzene rings is 2. The average molecular weight is 451 g/mol. The molecule has 0 saturated carbocycles. The first-order chi connectivity index (χ1) is 15.7. The van der Waals surface area contributed by atoms with Crippen LogP contribution in [-0.2, 0) is 4.74 Å². The molecule has 0 aliphatic carbocycles. The van der Waals surface area contributed by atoms with E-state index in [-0.39, 0.29) is 5.91 Å². The van der Waals surface area contributed by atoms with Crippen LogP contribution < -0.4 is 9.64 Å². The second-order valence-corrected chi connectivity index (χ2v) is 8.70. The number of anilines is 1. The van der Waals surface area contributed by atoms with Gasteiger partial charge in [0.15, 0.2) is 5.13 Å². The number of fused-ring (bicyclic) bond motifs is 2. The van der Waals surface area contributed by atoms with Gasteiger partial charge >= 0.3 is 0 Å². The third-order valence-electron chi connectivity index (χ3n) is 5.71. The molecular weight excluding hydrogens is 424 g/mol. The lowest BCUT2D eigenvalue weighted by molar-refractivity contribution is 0.0391. The number of amides is 1. The molecule has 4 aromatic rings. The summed E-state index contributed by atoms with van der Waals surface area (Å²) in [5.74, 6) is 0.702. The van der Waals surface area contributed by atoms with Crippen LogP contribution in [0.1, 0.15) is 17.3 Å². The second kappa shape index (κ2) is 9.28. The number of nitrogens with zero attached hydrogens (tertiary/aromatic N) is 3. The lowest BCUT2D eigenvalue weighted by atomic mass is 10.1. The van der Waals surface area contributed by atoms with E-state index in [1.54, 1.807) is 6.20 Å². The largest absolute Gasteiger partial charge is 0.492 e. The number of hydrogen-bond acceptors (Lipinski definition) is 6. The highest BCUT2D eigenvalue weighted by molar-refractivity contribution is 7.22. The highest BCUT2D eigenvalue weighted by atomic mass is 32.1. The number of H-pyrrole nitrogens is 1. The van der Waals surface area contributed by atoms with Crippen LogP contribution in [0.3, 0.4) is 0 Å². The summed E-state index contributed by atoms with van der Waals surface area (Å²) in [6.45, 7) is 7.08. The molecule has 1 aliphatic heterocycles. The van der Waals surface area contributed by atoms with Gasteiger partial charge in [-0.15, -0.1) is 0 Å². The van der Waals surface area contributed by atoms with Crippen molar-refractivity contribution in [2.24, 2.45) is 0 Å². The van der Waals surface area contributed by atoms with E-state index in [2.05, 4.69) is 9.88 Å². The van der Waals surface area contributed by atoms with Crippen molar-refractivity contribution in [1.82, 2.24) is 14.9 Å². The number of aromatic amines is 1. The summed E-state index contributed by atoms with van der Waals surface area (Å²) in [7, 11) is 0. The van der Waals surface area contributed by atoms with E-state index >= 15 is 0 Å². The summed E-state index contributed by atoms with van der Waals surface area (Å²) in [4.78, 5) is 26.0. The van der Waals surface area contributed by atoms with Gasteiger partial charge in [-0.05, 0) is 25.1 Å². The molecule has 5 rings (SSSR count). The molecular formula is C24H26N4O3S. The van der Waals surface area contributed by atoms with Crippen LogP contribution in [0.25, 0.3) is 21.1 Å². The number of para-hydroxylation sites is 2. The maximum absolute atomic E-state index is 13.8. The first-order valence-electron chi connectivity index (χ1n) is 10.9. The molecule has 3 heterocycles. The number of carbonyl (C=O) groups is 1. The van der Waals surface area contributed by atoms with Crippen molar-refractivity contribution in [2.75, 3.05) is 50.9 Å². The van der Waals surface area contributed by atoms with E-state index in [4.69, 9.17) is 14.5 Å². The van der Waals surface area contributed by atoms with Crippen LogP contribution in [0, 0.1) is 0 Å². The molecule has 1 saturated heterocycles. The van der Waals surface area contributed by atoms with Crippen LogP contribution in [0.5, 0.6) is 5.75 Å². The zero-order valence-corrected chi connectivity index (χ0v) is 18.9. The predicted molar refractivity (Wildman–Crippen MR) is 128 cm³/mol. The predicted octanol–water partition coefficient (Wildman–Crippen LogP) is 4.16. The fourth-order valence-corrected chi connectivity index (χ4v) is 5.05. The molecule has 0 spiro atoms. The second-order valence-electron chi connectivity index (χ2n) is 7.69. The van der Waals surface area contributed by atoms with Crippen molar-refractivity contribution in [3.63, 3.8) is 0 Å². The third-order valence-corrected chi connectivity index (χ3v) is 6.75. The minimum Gasteiger partial charge on any atom is -0.492 e. The highest BCUT2D eigenvalue weighted by Gasteiger charge is 2.25. The van der Waals surface area contributed by atoms with Crippen LogP contribution in [0.2, 0.25) is 0 Å². The molecule has 0 bridgehead atoms. The Balaban J connectivity index is 1.51. The van der Waals surface area contributed by atoms with Gasteiger partial charge in [0, 0.05) is 43.3 Å². The van der Waals surface area contributed by atoms with Gasteiger partial charge in [0.2, 0.25) is 0 Å². The molecule has 0 atom stereocenters. The average Bonchev–Trinajstić information content (AvgIpc) is 3.45. The van der Waals surface area contributed by atoms with E-state index in [1.807, 2.05) is 54.3 Å². The molecule has 32 heavy (non-hydrogen) atoms. The molecule has 0 unspecified atom stereocenters. The Morgan fingerprint density at radius 3 is 2.91 bits per heavy atom. The smallest absolute Gasteiger partial charge is 0.262 e. The molecule has 2 aromatic heterocycles. The maximum atomic E-state index is 13.8. The highest BCUT2D eigenvalue weighted by Crippen LogP contribution is 2.35. The summed E-state index contributed by atoms with van der Waals surface area (Å²) in [6.07, 6.45) is 1.80. The summed E-state index contributed by atoms with van der Waals surface area (Å²) in [6, 6.07) is 13.8. The number of nitrogens with one attached hydrogen (secondary N) is 1. The molecule has 1 fully saturated rings. The summed E-state index contributed by atoms with van der Waals surface area (Å²) >= 11 is 1.52. The zero-order chi connectivity index (χ0) is 21.9. The van der Waals surface area contributed by atoms with Crippen molar-refractivity contribution in [2.45, 2.75) is 6.92 Å². The number of rotatable bonds is 7. The fraction of sp³-hybridized carbons (Fsp3) is 0.333. The number of aromatic nitrogens is 2. The van der Waals surface area contributed by atoms with E-state index in [0.29, 0.717) is 23.8 Å². The minimum absolute atomic E-state index is 0.0484. The topological polar surface area (TPSA) is 70.7 Å². The quantitative estimate of drug-likeness (QED) is 0.458. The number of hydrogen-bond donors (Lipinski definition) is 1. The van der Waals surface area contributed by atoms with Crippen LogP contribution in [0.4, 0.5) is 5.13 Å². The Labute approximate surface area is 190 Å². The minimum atomic E-state index is -0.0484. The van der Waals surface area contributed by atoms with Gasteiger partial charge in [-0.2, -0.15) is 0 Å². The maximum Gasteiger partial charge on any atom is 0.262 e. The Morgan fingerprint density at radius 1 is 1.22 bits per heavy atom. The Bertz CT molecular complexity index is 1230. The molecule has 166 valence electrons. The van der Waals surface area contributed by atoms with E-state index in [0.717, 1.165) is 59.7 Å². The first kappa shape index (κ1) is 20.9. The molecule has 1 aliphatic rings. The van der Waals surface area contributed by atoms with Crippen molar-refractivity contribution in [3.05, 3.63) is 54.2 Å². The molecule has 1 N–H and O–H groups in total. The van der Waals surface area contributed by atoms with Crippen molar-refractivity contribution in [3.8, 4) is 5.75 Å². The molecule has 2 aromatic carbocycles. The summed E-state index contributed by atoms with van der Waals surface area (Å²) < 4.78 is 12.3. The Hall–Kier alpha value is -2.94. The van der Waals surface area contributed by atoms with Crippen LogP contribution >= 0.6 is 11.3 Å². The first-order valence-corrected chi connectivity index (χ1v) is 11.8. The van der Waals surface area contributed by atoms with Crippen LogP contribution in [-0.4, -0.2) is 66.8 Å². The van der Waals surface area contributed by atoms with Gasteiger partial charge in [0.05, 0.1) is 30.1 Å². The van der Waals surface area contributed by atoms with Gasteiger partial charge in [0.1, 0.15) is 11.3 Å². The Morgan fingerprint density at radius 2 is 2.06 bits per heavy atom. The normalized spacial score (nSPS) is 14.8. The van der Waals surface area contributed by atoms with E-state index in [9.17, 15) is 4.79 Å². The van der Waals surface area contributed by atoms with Crippen molar-refractivity contribution in [1.29, 1.82) is 0 Å². The summed E-state index contributed by atoms with van der Waals surface area (Å²) in [5, 5.41) is 1.61. The number of ether oxygens (including phenoxy) is 2. The lowest BCUT2D eigenvalue weighted by Crippen LogP contribution is -2.43. The van der Waals surface area contributed by atoms with Gasteiger partial charge in [-0.25, -0.2) is 4.98 Å². The Kier molecular flexibility index (Phi) is 6.07. The molecule has 0 radical (unpaired) electrons. The standard InChI is InChI=1S/C24H26N4O3S/c1-2-31-20-8-5-9-21-22(20)26-24(32-21)28(11-10-27-12-14-30-15-13-27)23(29)18-16-25-19-7-4-3-6-17(18)19/h3-9,16,25H,2,10-15H2,1H3. The molecule has 7 nitrogen and oxygen atoms in total. The third kappa shape index (κ3) is 4.09. The fourth-order valence-electron chi connectivity index (χ4n) is 4.04. The monoisotopic (exact) mass is 450 g/mol. The van der Waals surface area contributed by atoms with E-state index in [1.165, 1.54) is 11.3 Å². The van der Waals surface area contributed by atoms with E-state index < -0.39 is 0 Å².